The minimum atomic E-state index is -1.56. The molecule has 1 atom stereocenters. The van der Waals surface area contributed by atoms with E-state index in [4.69, 9.17) is 5.21 Å². The van der Waals surface area contributed by atoms with Gasteiger partial charge in [0.25, 0.3) is 11.8 Å². The fourth-order valence-corrected chi connectivity index (χ4v) is 3.11. The Labute approximate surface area is 193 Å². The fourth-order valence-electron chi connectivity index (χ4n) is 3.11. The Kier molecular flexibility index (Phi) is 8.01. The number of aliphatic hydroxyl groups is 1. The van der Waals surface area contributed by atoms with Crippen molar-refractivity contribution in [2.75, 3.05) is 0 Å². The van der Waals surface area contributed by atoms with Crippen LogP contribution in [-0.2, 0) is 11.3 Å². The van der Waals surface area contributed by atoms with Crippen molar-refractivity contribution < 1.29 is 19.9 Å². The summed E-state index contributed by atoms with van der Waals surface area (Å²) in [6, 6.07) is 14.3. The SMILES string of the molecule is CC(C)(O)[C@H](NC(=O)c1ccc(C#C/C=C/c2ccc(CNC3CC3)cc2)cc1)C(=O)NO. The topological polar surface area (TPSA) is 111 Å². The van der Waals surface area contributed by atoms with Crippen LogP contribution in [0, 0.1) is 11.8 Å². The van der Waals surface area contributed by atoms with Gasteiger partial charge in [-0.3, -0.25) is 14.8 Å². The van der Waals surface area contributed by atoms with E-state index in [0.717, 1.165) is 17.7 Å². The molecule has 1 saturated carbocycles. The van der Waals surface area contributed by atoms with Crippen LogP contribution in [0.15, 0.2) is 54.6 Å². The smallest absolute Gasteiger partial charge is 0.268 e. The van der Waals surface area contributed by atoms with Crippen molar-refractivity contribution in [3.05, 3.63) is 76.9 Å². The van der Waals surface area contributed by atoms with Crippen molar-refractivity contribution in [2.45, 2.75) is 50.9 Å². The van der Waals surface area contributed by atoms with Crippen LogP contribution in [0.4, 0.5) is 0 Å². The molecule has 0 aromatic heterocycles. The number of rotatable bonds is 8. The minimum absolute atomic E-state index is 0.298. The van der Waals surface area contributed by atoms with Crippen molar-refractivity contribution in [1.82, 2.24) is 16.1 Å². The van der Waals surface area contributed by atoms with Gasteiger partial charge in [-0.15, -0.1) is 0 Å². The number of hydrogen-bond donors (Lipinski definition) is 5. The average molecular weight is 448 g/mol. The second-order valence-electron chi connectivity index (χ2n) is 8.61. The van der Waals surface area contributed by atoms with Gasteiger partial charge in [-0.05, 0) is 74.2 Å². The van der Waals surface area contributed by atoms with E-state index in [1.807, 2.05) is 6.08 Å². The number of benzene rings is 2. The lowest BCUT2D eigenvalue weighted by atomic mass is 9.97. The van der Waals surface area contributed by atoms with E-state index in [-0.39, 0.29) is 0 Å². The second kappa shape index (κ2) is 10.9. The Morgan fingerprint density at radius 1 is 1.12 bits per heavy atom. The summed E-state index contributed by atoms with van der Waals surface area (Å²) < 4.78 is 0. The van der Waals surface area contributed by atoms with Crippen LogP contribution in [0.3, 0.4) is 0 Å². The van der Waals surface area contributed by atoms with Crippen LogP contribution in [-0.4, -0.2) is 39.8 Å². The molecule has 7 nitrogen and oxygen atoms in total. The third-order valence-corrected chi connectivity index (χ3v) is 5.23. The Balaban J connectivity index is 1.55. The zero-order valence-electron chi connectivity index (χ0n) is 18.8. The molecule has 2 amide bonds. The molecule has 1 fully saturated rings. The molecule has 5 N–H and O–H groups in total. The summed E-state index contributed by atoms with van der Waals surface area (Å²) in [7, 11) is 0. The predicted molar refractivity (Wildman–Crippen MR) is 126 cm³/mol. The Morgan fingerprint density at radius 2 is 1.79 bits per heavy atom. The molecular formula is C26H29N3O4. The number of carbonyl (C=O) groups excluding carboxylic acids is 2. The summed E-state index contributed by atoms with van der Waals surface area (Å²) in [6.45, 7) is 3.62. The van der Waals surface area contributed by atoms with Gasteiger partial charge in [0, 0.05) is 23.7 Å². The number of nitrogens with one attached hydrogen (secondary N) is 3. The minimum Gasteiger partial charge on any atom is -0.388 e. The van der Waals surface area contributed by atoms with Gasteiger partial charge in [0.05, 0.1) is 5.60 Å². The summed E-state index contributed by atoms with van der Waals surface area (Å²) in [5.41, 5.74) is 3.25. The third-order valence-electron chi connectivity index (χ3n) is 5.23. The molecule has 3 rings (SSSR count). The van der Waals surface area contributed by atoms with Crippen LogP contribution < -0.4 is 16.1 Å². The van der Waals surface area contributed by atoms with Gasteiger partial charge in [-0.25, -0.2) is 5.48 Å². The molecule has 0 spiro atoms. The van der Waals surface area contributed by atoms with Gasteiger partial charge in [0.1, 0.15) is 6.04 Å². The lowest BCUT2D eigenvalue weighted by Gasteiger charge is -2.28. The van der Waals surface area contributed by atoms with Gasteiger partial charge in [-0.1, -0.05) is 36.1 Å². The van der Waals surface area contributed by atoms with Gasteiger partial charge in [0.2, 0.25) is 0 Å². The molecule has 0 bridgehead atoms. The van der Waals surface area contributed by atoms with E-state index in [1.54, 1.807) is 30.3 Å². The first-order valence-corrected chi connectivity index (χ1v) is 10.8. The zero-order chi connectivity index (χ0) is 23.8. The second-order valence-corrected chi connectivity index (χ2v) is 8.61. The highest BCUT2D eigenvalue weighted by Crippen LogP contribution is 2.19. The molecule has 172 valence electrons. The lowest BCUT2D eigenvalue weighted by molar-refractivity contribution is -0.136. The number of hydroxylamine groups is 1. The van der Waals surface area contributed by atoms with Crippen molar-refractivity contribution in [1.29, 1.82) is 0 Å². The van der Waals surface area contributed by atoms with E-state index in [9.17, 15) is 14.7 Å². The average Bonchev–Trinajstić information content (AvgIpc) is 3.63. The third kappa shape index (κ3) is 7.58. The van der Waals surface area contributed by atoms with Crippen LogP contribution in [0.5, 0.6) is 0 Å². The highest BCUT2D eigenvalue weighted by molar-refractivity contribution is 5.97. The molecule has 0 heterocycles. The molecule has 2 aromatic rings. The molecular weight excluding hydrogens is 418 g/mol. The van der Waals surface area contributed by atoms with Crippen molar-refractivity contribution in [3.8, 4) is 11.8 Å². The number of carbonyl (C=O) groups is 2. The van der Waals surface area contributed by atoms with Gasteiger partial charge in [0.15, 0.2) is 0 Å². The maximum atomic E-state index is 12.4. The van der Waals surface area contributed by atoms with Crippen molar-refractivity contribution >= 4 is 17.9 Å². The van der Waals surface area contributed by atoms with Crippen LogP contribution in [0.25, 0.3) is 6.08 Å². The maximum Gasteiger partial charge on any atom is 0.268 e. The van der Waals surface area contributed by atoms with E-state index >= 15 is 0 Å². The molecule has 2 aromatic carbocycles. The summed E-state index contributed by atoms with van der Waals surface area (Å²) in [4.78, 5) is 24.2. The Bertz CT molecular complexity index is 1050. The highest BCUT2D eigenvalue weighted by atomic mass is 16.5. The normalized spacial score (nSPS) is 14.3. The Hall–Kier alpha value is -3.44. The van der Waals surface area contributed by atoms with E-state index in [1.165, 1.54) is 37.7 Å². The largest absolute Gasteiger partial charge is 0.388 e. The van der Waals surface area contributed by atoms with E-state index in [0.29, 0.717) is 11.6 Å². The molecule has 0 saturated heterocycles. The van der Waals surface area contributed by atoms with Gasteiger partial charge in [-0.2, -0.15) is 0 Å². The van der Waals surface area contributed by atoms with Gasteiger partial charge >= 0.3 is 0 Å². The van der Waals surface area contributed by atoms with E-state index < -0.39 is 23.5 Å². The standard InChI is InChI=1S/C26H29N3O4/c1-26(2,32)23(25(31)29-33)28-24(30)21-13-11-19(12-14-21)6-4-3-5-18-7-9-20(10-8-18)17-27-22-15-16-22/h3,5,7-14,22-23,27,32-33H,15-17H2,1-2H3,(H,28,30)(H,29,31)/b5-3+/t23-/m1/s1. The summed E-state index contributed by atoms with van der Waals surface area (Å²) in [5, 5.41) is 24.8. The zero-order valence-corrected chi connectivity index (χ0v) is 18.8. The summed E-state index contributed by atoms with van der Waals surface area (Å²) >= 11 is 0. The maximum absolute atomic E-state index is 12.4. The predicted octanol–water partition coefficient (Wildman–Crippen LogP) is 2.38. The molecule has 1 aliphatic rings. The monoisotopic (exact) mass is 447 g/mol. The lowest BCUT2D eigenvalue weighted by Crippen LogP contribution is -2.57. The summed E-state index contributed by atoms with van der Waals surface area (Å²) in [5.74, 6) is 4.53. The molecule has 0 unspecified atom stereocenters. The fraction of sp³-hybridized carbons (Fsp3) is 0.308. The van der Waals surface area contributed by atoms with Crippen LogP contribution >= 0.6 is 0 Å². The highest BCUT2D eigenvalue weighted by Gasteiger charge is 2.34. The van der Waals surface area contributed by atoms with Crippen molar-refractivity contribution in [2.24, 2.45) is 0 Å². The summed E-state index contributed by atoms with van der Waals surface area (Å²) in [6.07, 6.45) is 6.28. The van der Waals surface area contributed by atoms with E-state index in [2.05, 4.69) is 46.7 Å². The number of allylic oxidation sites excluding steroid dienone is 1. The van der Waals surface area contributed by atoms with Gasteiger partial charge < -0.3 is 15.7 Å². The molecule has 0 aliphatic heterocycles. The van der Waals surface area contributed by atoms with Crippen molar-refractivity contribution in [3.63, 3.8) is 0 Å². The quantitative estimate of drug-likeness (QED) is 0.242. The molecule has 7 heteroatoms. The molecule has 33 heavy (non-hydrogen) atoms. The van der Waals surface area contributed by atoms with Crippen LogP contribution in [0.2, 0.25) is 0 Å². The first-order valence-electron chi connectivity index (χ1n) is 10.8. The van der Waals surface area contributed by atoms with Crippen LogP contribution in [0.1, 0.15) is 53.7 Å². The number of amides is 2. The first kappa shape index (κ1) is 24.2. The molecule has 0 radical (unpaired) electrons. The Morgan fingerprint density at radius 3 is 2.36 bits per heavy atom. The molecule has 1 aliphatic carbocycles. The first-order chi connectivity index (χ1) is 15.8. The number of hydrogen-bond acceptors (Lipinski definition) is 5.